The van der Waals surface area contributed by atoms with Crippen molar-refractivity contribution in [2.45, 2.75) is 124 Å². The molecule has 1 saturated heterocycles. The van der Waals surface area contributed by atoms with Crippen LogP contribution >= 0.6 is 0 Å². The molecule has 0 spiro atoms. The summed E-state index contributed by atoms with van der Waals surface area (Å²) in [4.78, 5) is 0. The fraction of sp³-hybridized carbons (Fsp3) is 0.931. The minimum Gasteiger partial charge on any atom is -0.393 e. The summed E-state index contributed by atoms with van der Waals surface area (Å²) < 4.78 is 13.8. The molecule has 3 aliphatic carbocycles. The first kappa shape index (κ1) is 25.0. The SMILES string of the molecule is CC(C)CCC[C@@H](C)[C@H]1CS(=O)[C@@]2(C)C3=C(CC[C@]12C)[C@@]1(C)CC[C@H](O)C(C)(C)[C@@H]1CC3. The van der Waals surface area contributed by atoms with E-state index in [-0.39, 0.29) is 27.1 Å². The molecule has 0 aromatic carbocycles. The molecule has 1 N–H and O–H groups in total. The van der Waals surface area contributed by atoms with Crippen molar-refractivity contribution in [2.75, 3.05) is 5.75 Å². The summed E-state index contributed by atoms with van der Waals surface area (Å²) in [7, 11) is -0.791. The summed E-state index contributed by atoms with van der Waals surface area (Å²) in [5.74, 6) is 3.44. The number of allylic oxidation sites excluding steroid dienone is 1. The van der Waals surface area contributed by atoms with Crippen LogP contribution in [0.4, 0.5) is 0 Å². The Labute approximate surface area is 200 Å². The molecule has 8 atom stereocenters. The van der Waals surface area contributed by atoms with E-state index in [0.717, 1.165) is 37.4 Å². The lowest BCUT2D eigenvalue weighted by Gasteiger charge is -2.61. The number of aliphatic hydroxyl groups is 1. The molecule has 0 bridgehead atoms. The van der Waals surface area contributed by atoms with Gasteiger partial charge in [-0.2, -0.15) is 0 Å². The van der Waals surface area contributed by atoms with E-state index in [1.807, 2.05) is 0 Å². The van der Waals surface area contributed by atoms with E-state index >= 15 is 0 Å². The van der Waals surface area contributed by atoms with Crippen LogP contribution < -0.4 is 0 Å². The molecule has 0 aromatic rings. The van der Waals surface area contributed by atoms with Gasteiger partial charge >= 0.3 is 0 Å². The van der Waals surface area contributed by atoms with Gasteiger partial charge in [-0.25, -0.2) is 0 Å². The molecule has 184 valence electrons. The monoisotopic (exact) mass is 462 g/mol. The number of aliphatic hydroxyl groups excluding tert-OH is 1. The average Bonchev–Trinajstić information content (AvgIpc) is 2.92. The number of hydrogen-bond donors (Lipinski definition) is 1. The van der Waals surface area contributed by atoms with Gasteiger partial charge < -0.3 is 5.11 Å². The highest BCUT2D eigenvalue weighted by molar-refractivity contribution is 7.87. The third-order valence-electron chi connectivity index (χ3n) is 11.5. The van der Waals surface area contributed by atoms with Crippen molar-refractivity contribution >= 4 is 10.8 Å². The van der Waals surface area contributed by atoms with Crippen molar-refractivity contribution in [1.29, 1.82) is 0 Å². The minimum atomic E-state index is -0.791. The van der Waals surface area contributed by atoms with Gasteiger partial charge in [-0.3, -0.25) is 4.21 Å². The quantitative estimate of drug-likeness (QED) is 0.436. The summed E-state index contributed by atoms with van der Waals surface area (Å²) in [5, 5.41) is 10.8. The lowest BCUT2D eigenvalue weighted by Crippen LogP contribution is -2.57. The Hall–Kier alpha value is -0.150. The second kappa shape index (κ2) is 8.21. The van der Waals surface area contributed by atoms with Gasteiger partial charge in [0.2, 0.25) is 0 Å². The highest BCUT2D eigenvalue weighted by Gasteiger charge is 2.66. The minimum absolute atomic E-state index is 0.0323. The van der Waals surface area contributed by atoms with Gasteiger partial charge in [-0.1, -0.05) is 78.9 Å². The highest BCUT2D eigenvalue weighted by Crippen LogP contribution is 2.69. The first-order valence-electron chi connectivity index (χ1n) is 13.6. The van der Waals surface area contributed by atoms with Crippen LogP contribution in [-0.2, 0) is 10.8 Å². The van der Waals surface area contributed by atoms with Crippen molar-refractivity contribution < 1.29 is 9.32 Å². The molecule has 3 heteroatoms. The van der Waals surface area contributed by atoms with Crippen LogP contribution in [0.5, 0.6) is 0 Å². The van der Waals surface area contributed by atoms with Crippen molar-refractivity contribution in [3.8, 4) is 0 Å². The zero-order valence-corrected chi connectivity index (χ0v) is 23.0. The first-order chi connectivity index (χ1) is 14.8. The van der Waals surface area contributed by atoms with Crippen LogP contribution in [0.3, 0.4) is 0 Å². The predicted molar refractivity (Wildman–Crippen MR) is 137 cm³/mol. The van der Waals surface area contributed by atoms with Crippen LogP contribution in [0, 0.1) is 39.9 Å². The molecule has 32 heavy (non-hydrogen) atoms. The van der Waals surface area contributed by atoms with Gasteiger partial charge in [0.15, 0.2) is 0 Å². The normalized spacial score (nSPS) is 46.6. The Morgan fingerprint density at radius 3 is 2.31 bits per heavy atom. The van der Waals surface area contributed by atoms with Gasteiger partial charge in [0.1, 0.15) is 0 Å². The number of rotatable bonds is 5. The highest BCUT2D eigenvalue weighted by atomic mass is 32.2. The summed E-state index contributed by atoms with van der Waals surface area (Å²) in [6.07, 6.45) is 10.3. The Bertz CT molecular complexity index is 797. The van der Waals surface area contributed by atoms with E-state index in [1.165, 1.54) is 32.1 Å². The molecule has 1 heterocycles. The summed E-state index contributed by atoms with van der Waals surface area (Å²) in [6, 6.07) is 0. The molecule has 4 aliphatic rings. The molecular formula is C29H50O2S. The molecule has 1 aliphatic heterocycles. The van der Waals surface area contributed by atoms with E-state index in [2.05, 4.69) is 55.4 Å². The van der Waals surface area contributed by atoms with Crippen LogP contribution in [-0.4, -0.2) is 25.9 Å². The van der Waals surface area contributed by atoms with Crippen molar-refractivity contribution in [2.24, 2.45) is 39.9 Å². The van der Waals surface area contributed by atoms with E-state index < -0.39 is 10.8 Å². The molecule has 2 nitrogen and oxygen atoms in total. The molecule has 0 radical (unpaired) electrons. The fourth-order valence-corrected chi connectivity index (χ4v) is 11.7. The van der Waals surface area contributed by atoms with Crippen LogP contribution in [0.25, 0.3) is 0 Å². The Morgan fingerprint density at radius 2 is 1.66 bits per heavy atom. The standard InChI is InChI=1S/C29H50O2S/c1-19(2)10-9-11-20(3)23-18-32(31)29(8)22-12-13-24-26(4,5)25(30)15-16-27(24,6)21(22)14-17-28(23,29)7/h19-20,23-25,30H,9-18H2,1-8H3/t20-,23-,24+,25+,27-,28-,29+,32?/m1/s1. The van der Waals surface area contributed by atoms with Crippen LogP contribution in [0.2, 0.25) is 0 Å². The van der Waals surface area contributed by atoms with Crippen molar-refractivity contribution in [3.63, 3.8) is 0 Å². The molecule has 1 unspecified atom stereocenters. The van der Waals surface area contributed by atoms with Crippen LogP contribution in [0.15, 0.2) is 11.1 Å². The zero-order chi connectivity index (χ0) is 23.7. The van der Waals surface area contributed by atoms with E-state index in [1.54, 1.807) is 11.1 Å². The summed E-state index contributed by atoms with van der Waals surface area (Å²) >= 11 is 0. The third-order valence-corrected chi connectivity index (χ3v) is 13.8. The smallest absolute Gasteiger partial charge is 0.0698 e. The van der Waals surface area contributed by atoms with E-state index in [0.29, 0.717) is 17.8 Å². The summed E-state index contributed by atoms with van der Waals surface area (Å²) in [5.41, 5.74) is 3.55. The van der Waals surface area contributed by atoms with Gasteiger partial charge in [0.25, 0.3) is 0 Å². The van der Waals surface area contributed by atoms with Crippen molar-refractivity contribution in [1.82, 2.24) is 0 Å². The van der Waals surface area contributed by atoms with Gasteiger partial charge in [-0.15, -0.1) is 0 Å². The molecule has 0 amide bonds. The lowest BCUT2D eigenvalue weighted by atomic mass is 9.45. The predicted octanol–water partition coefficient (Wildman–Crippen LogP) is 7.28. The average molecular weight is 463 g/mol. The maximum atomic E-state index is 14.0. The summed E-state index contributed by atoms with van der Waals surface area (Å²) in [6.45, 7) is 19.1. The van der Waals surface area contributed by atoms with Gasteiger partial charge in [0.05, 0.1) is 10.9 Å². The topological polar surface area (TPSA) is 37.3 Å². The van der Waals surface area contributed by atoms with E-state index in [4.69, 9.17) is 0 Å². The second-order valence-electron chi connectivity index (χ2n) is 13.7. The Morgan fingerprint density at radius 1 is 0.969 bits per heavy atom. The molecule has 1 saturated carbocycles. The van der Waals surface area contributed by atoms with Crippen LogP contribution in [0.1, 0.15) is 113 Å². The molecular weight excluding hydrogens is 412 g/mol. The molecule has 0 aromatic heterocycles. The van der Waals surface area contributed by atoms with E-state index in [9.17, 15) is 9.32 Å². The first-order valence-corrected chi connectivity index (χ1v) is 14.9. The maximum Gasteiger partial charge on any atom is 0.0698 e. The zero-order valence-electron chi connectivity index (χ0n) is 22.2. The Balaban J connectivity index is 1.68. The Kier molecular flexibility index (Phi) is 6.41. The molecule has 4 rings (SSSR count). The maximum absolute atomic E-state index is 14.0. The fourth-order valence-electron chi connectivity index (χ4n) is 9.09. The largest absolute Gasteiger partial charge is 0.393 e. The number of hydrogen-bond acceptors (Lipinski definition) is 2. The van der Waals surface area contributed by atoms with Gasteiger partial charge in [0, 0.05) is 16.6 Å². The van der Waals surface area contributed by atoms with Crippen molar-refractivity contribution in [3.05, 3.63) is 11.1 Å². The number of fused-ring (bicyclic) bond motifs is 4. The second-order valence-corrected chi connectivity index (χ2v) is 15.6. The molecule has 2 fully saturated rings. The third kappa shape index (κ3) is 3.37. The lowest BCUT2D eigenvalue weighted by molar-refractivity contribution is -0.0927. The van der Waals surface area contributed by atoms with Gasteiger partial charge in [-0.05, 0) is 85.4 Å².